The molecule has 0 radical (unpaired) electrons. The Morgan fingerprint density at radius 2 is 1.78 bits per heavy atom. The van der Waals surface area contributed by atoms with Crippen molar-refractivity contribution in [2.45, 2.75) is 66.0 Å². The SMILES string of the molecule is COc1cc(OC)cc(C(C(C)=O)c2nn([C@H]3CCN(OC(=O)C(C)(C)C)C3)c(NC(C)C)c2C#N)c1. The van der Waals surface area contributed by atoms with Crippen molar-refractivity contribution in [3.8, 4) is 17.6 Å². The summed E-state index contributed by atoms with van der Waals surface area (Å²) in [6, 6.07) is 7.37. The monoisotopic (exact) mass is 511 g/mol. The molecule has 1 saturated heterocycles. The van der Waals surface area contributed by atoms with Crippen LogP contribution in [0.25, 0.3) is 0 Å². The number of rotatable bonds is 9. The van der Waals surface area contributed by atoms with Crippen LogP contribution < -0.4 is 14.8 Å². The van der Waals surface area contributed by atoms with E-state index in [9.17, 15) is 14.9 Å². The van der Waals surface area contributed by atoms with E-state index in [1.54, 1.807) is 42.2 Å². The maximum atomic E-state index is 13.0. The molecule has 2 heterocycles. The Balaban J connectivity index is 2.08. The summed E-state index contributed by atoms with van der Waals surface area (Å²) < 4.78 is 12.6. The molecule has 3 rings (SSSR count). The molecule has 0 aliphatic carbocycles. The summed E-state index contributed by atoms with van der Waals surface area (Å²) in [7, 11) is 3.08. The highest BCUT2D eigenvalue weighted by Gasteiger charge is 2.36. The first-order valence-electron chi connectivity index (χ1n) is 12.4. The average molecular weight is 512 g/mol. The summed E-state index contributed by atoms with van der Waals surface area (Å²) in [5.41, 5.74) is 0.662. The molecule has 200 valence electrons. The van der Waals surface area contributed by atoms with E-state index in [4.69, 9.17) is 19.4 Å². The van der Waals surface area contributed by atoms with Crippen LogP contribution in [0.4, 0.5) is 5.82 Å². The molecule has 10 nitrogen and oxygen atoms in total. The van der Waals surface area contributed by atoms with Crippen molar-refractivity contribution in [1.29, 1.82) is 5.26 Å². The molecule has 1 aliphatic heterocycles. The summed E-state index contributed by atoms with van der Waals surface area (Å²) in [6.07, 6.45) is 0.661. The molecule has 0 saturated carbocycles. The van der Waals surface area contributed by atoms with Gasteiger partial charge < -0.3 is 19.6 Å². The molecule has 2 aromatic rings. The lowest BCUT2D eigenvalue weighted by molar-refractivity contribution is -0.195. The van der Waals surface area contributed by atoms with Crippen LogP contribution in [0.5, 0.6) is 11.5 Å². The zero-order valence-corrected chi connectivity index (χ0v) is 22.9. The number of Topliss-reactive ketones (excluding diaryl/α,β-unsaturated/α-hetero) is 1. The van der Waals surface area contributed by atoms with Crippen LogP contribution in [0, 0.1) is 16.7 Å². The number of nitrogens with one attached hydrogen (secondary N) is 1. The molecular weight excluding hydrogens is 474 g/mol. The van der Waals surface area contributed by atoms with Crippen LogP contribution in [0.1, 0.15) is 76.7 Å². The van der Waals surface area contributed by atoms with Gasteiger partial charge in [0.1, 0.15) is 34.7 Å². The second kappa shape index (κ2) is 11.2. The summed E-state index contributed by atoms with van der Waals surface area (Å²) in [4.78, 5) is 31.0. The number of aromatic nitrogens is 2. The first kappa shape index (κ1) is 28.0. The molecule has 1 fully saturated rings. The number of anilines is 1. The van der Waals surface area contributed by atoms with Gasteiger partial charge in [0.25, 0.3) is 0 Å². The van der Waals surface area contributed by atoms with Gasteiger partial charge in [0.15, 0.2) is 0 Å². The molecule has 1 aromatic heterocycles. The topological polar surface area (TPSA) is 119 Å². The maximum absolute atomic E-state index is 13.0. The highest BCUT2D eigenvalue weighted by molar-refractivity contribution is 5.88. The van der Waals surface area contributed by atoms with Gasteiger partial charge in [-0.05, 0) is 65.7 Å². The molecule has 0 amide bonds. The standard InChI is InChI=1S/C27H37N5O5/c1-16(2)29-25-22(14-28)24(23(17(3)33)18-11-20(35-7)13-21(12-18)36-8)30-32(25)19-9-10-31(15-19)37-26(34)27(4,5)6/h11-13,16,19,23,29H,9-10,15H2,1-8H3/t19-,23?/m0/s1. The molecule has 0 bridgehead atoms. The van der Waals surface area contributed by atoms with Gasteiger partial charge in [0.05, 0.1) is 43.8 Å². The molecule has 10 heteroatoms. The summed E-state index contributed by atoms with van der Waals surface area (Å²) in [5, 5.41) is 20.1. The summed E-state index contributed by atoms with van der Waals surface area (Å²) >= 11 is 0. The lowest BCUT2D eigenvalue weighted by Crippen LogP contribution is -2.32. The largest absolute Gasteiger partial charge is 0.497 e. The van der Waals surface area contributed by atoms with Crippen molar-refractivity contribution < 1.29 is 23.9 Å². The molecule has 2 atom stereocenters. The van der Waals surface area contributed by atoms with Crippen molar-refractivity contribution >= 4 is 17.6 Å². The fourth-order valence-corrected chi connectivity index (χ4v) is 4.27. The Morgan fingerprint density at radius 1 is 1.16 bits per heavy atom. The van der Waals surface area contributed by atoms with Crippen LogP contribution in [-0.4, -0.2) is 59.9 Å². The minimum Gasteiger partial charge on any atom is -0.497 e. The minimum atomic E-state index is -0.802. The van der Waals surface area contributed by atoms with Crippen molar-refractivity contribution in [2.75, 3.05) is 32.6 Å². The van der Waals surface area contributed by atoms with E-state index in [1.165, 1.54) is 6.92 Å². The van der Waals surface area contributed by atoms with Gasteiger partial charge in [-0.2, -0.15) is 10.4 Å². The molecule has 1 N–H and O–H groups in total. The number of hydrogen-bond acceptors (Lipinski definition) is 9. The van der Waals surface area contributed by atoms with Crippen LogP contribution in [0.3, 0.4) is 0 Å². The Morgan fingerprint density at radius 3 is 2.27 bits per heavy atom. The lowest BCUT2D eigenvalue weighted by Gasteiger charge is -2.22. The van der Waals surface area contributed by atoms with Crippen LogP contribution in [0.15, 0.2) is 18.2 Å². The van der Waals surface area contributed by atoms with Crippen molar-refractivity contribution in [2.24, 2.45) is 5.41 Å². The first-order valence-corrected chi connectivity index (χ1v) is 12.4. The normalized spacial score (nSPS) is 16.8. The number of carbonyl (C=O) groups excluding carboxylic acids is 2. The van der Waals surface area contributed by atoms with Gasteiger partial charge in [-0.15, -0.1) is 5.06 Å². The van der Waals surface area contributed by atoms with Gasteiger partial charge in [-0.25, -0.2) is 9.48 Å². The Kier molecular flexibility index (Phi) is 8.49. The van der Waals surface area contributed by atoms with Crippen LogP contribution in [0.2, 0.25) is 0 Å². The van der Waals surface area contributed by atoms with Crippen molar-refractivity contribution in [3.63, 3.8) is 0 Å². The van der Waals surface area contributed by atoms with Crippen LogP contribution >= 0.6 is 0 Å². The predicted octanol–water partition coefficient (Wildman–Crippen LogP) is 4.06. The third-order valence-electron chi connectivity index (χ3n) is 6.16. The van der Waals surface area contributed by atoms with E-state index in [1.807, 2.05) is 34.6 Å². The third kappa shape index (κ3) is 6.23. The van der Waals surface area contributed by atoms with Crippen LogP contribution in [-0.2, 0) is 14.4 Å². The van der Waals surface area contributed by atoms with E-state index in [0.29, 0.717) is 53.6 Å². The minimum absolute atomic E-state index is 0.0133. The zero-order chi connectivity index (χ0) is 27.5. The number of methoxy groups -OCH3 is 2. The molecule has 0 spiro atoms. The van der Waals surface area contributed by atoms with Crippen molar-refractivity contribution in [3.05, 3.63) is 35.0 Å². The molecule has 1 aliphatic rings. The second-order valence-electron chi connectivity index (χ2n) is 10.6. The fourth-order valence-electron chi connectivity index (χ4n) is 4.27. The summed E-state index contributed by atoms with van der Waals surface area (Å²) in [6.45, 7) is 11.8. The Hall–Kier alpha value is -3.58. The molecule has 37 heavy (non-hydrogen) atoms. The predicted molar refractivity (Wildman–Crippen MR) is 139 cm³/mol. The van der Waals surface area contributed by atoms with Gasteiger partial charge >= 0.3 is 5.97 Å². The number of ether oxygens (including phenoxy) is 2. The number of ketones is 1. The van der Waals surface area contributed by atoms with E-state index >= 15 is 0 Å². The zero-order valence-electron chi connectivity index (χ0n) is 22.9. The number of carbonyl (C=O) groups is 2. The highest BCUT2D eigenvalue weighted by atomic mass is 16.7. The van der Waals surface area contributed by atoms with Gasteiger partial charge in [0, 0.05) is 18.7 Å². The summed E-state index contributed by atoms with van der Waals surface area (Å²) in [5.74, 6) is 0.333. The number of benzene rings is 1. The lowest BCUT2D eigenvalue weighted by atomic mass is 9.89. The highest BCUT2D eigenvalue weighted by Crippen LogP contribution is 2.37. The van der Waals surface area contributed by atoms with Gasteiger partial charge in [-0.1, -0.05) is 0 Å². The molecule has 1 unspecified atom stereocenters. The molecular formula is C27H37N5O5. The molecule has 1 aromatic carbocycles. The Labute approximate surface area is 218 Å². The second-order valence-corrected chi connectivity index (χ2v) is 10.6. The maximum Gasteiger partial charge on any atom is 0.330 e. The number of hydroxylamine groups is 2. The van der Waals surface area contributed by atoms with E-state index in [2.05, 4.69) is 11.4 Å². The van der Waals surface area contributed by atoms with E-state index in [0.717, 1.165) is 0 Å². The van der Waals surface area contributed by atoms with E-state index < -0.39 is 11.3 Å². The Bertz CT molecular complexity index is 1170. The first-order chi connectivity index (χ1) is 17.4. The smallest absolute Gasteiger partial charge is 0.330 e. The third-order valence-corrected chi connectivity index (χ3v) is 6.16. The van der Waals surface area contributed by atoms with Gasteiger partial charge in [0.2, 0.25) is 0 Å². The number of nitriles is 1. The number of nitrogens with zero attached hydrogens (tertiary/aromatic N) is 4. The fraction of sp³-hybridized carbons (Fsp3) is 0.556. The van der Waals surface area contributed by atoms with Crippen molar-refractivity contribution in [1.82, 2.24) is 14.8 Å². The quantitative estimate of drug-likeness (QED) is 0.531. The van der Waals surface area contributed by atoms with E-state index in [-0.39, 0.29) is 23.8 Å². The average Bonchev–Trinajstić information content (AvgIpc) is 3.42. The number of hydrogen-bond donors (Lipinski definition) is 1. The van der Waals surface area contributed by atoms with Gasteiger partial charge in [-0.3, -0.25) is 4.79 Å².